The third kappa shape index (κ3) is 3.31. The van der Waals surface area contributed by atoms with E-state index in [0.29, 0.717) is 12.2 Å². The summed E-state index contributed by atoms with van der Waals surface area (Å²) in [7, 11) is 0. The van der Waals surface area contributed by atoms with Gasteiger partial charge >= 0.3 is 0 Å². The molecule has 0 fully saturated rings. The zero-order chi connectivity index (χ0) is 11.3. The van der Waals surface area contributed by atoms with Gasteiger partial charge in [-0.05, 0) is 24.6 Å². The van der Waals surface area contributed by atoms with E-state index in [4.69, 9.17) is 15.7 Å². The molecule has 1 amide bonds. The number of nitriles is 1. The van der Waals surface area contributed by atoms with Crippen LogP contribution in [-0.2, 0) is 11.2 Å². The van der Waals surface area contributed by atoms with Crippen LogP contribution in [0.4, 0.5) is 0 Å². The van der Waals surface area contributed by atoms with Crippen LogP contribution < -0.4 is 10.5 Å². The van der Waals surface area contributed by atoms with E-state index < -0.39 is 12.0 Å². The largest absolute Gasteiger partial charge is 0.481 e. The van der Waals surface area contributed by atoms with E-state index in [9.17, 15) is 4.79 Å². The average Bonchev–Trinajstić information content (AvgIpc) is 2.21. The minimum absolute atomic E-state index is 0.367. The molecule has 0 aliphatic rings. The van der Waals surface area contributed by atoms with Gasteiger partial charge in [0.25, 0.3) is 5.91 Å². The normalized spacial score (nSPS) is 11.5. The molecule has 2 N–H and O–H groups in total. The molecule has 1 atom stereocenters. The molecule has 0 saturated heterocycles. The van der Waals surface area contributed by atoms with Gasteiger partial charge in [0.05, 0.1) is 12.5 Å². The topological polar surface area (TPSA) is 76.1 Å². The zero-order valence-electron chi connectivity index (χ0n) is 8.43. The van der Waals surface area contributed by atoms with Crippen LogP contribution >= 0.6 is 0 Å². The highest BCUT2D eigenvalue weighted by atomic mass is 16.5. The van der Waals surface area contributed by atoms with E-state index >= 15 is 0 Å². The standard InChI is InChI=1S/C11H12N2O2/c1-8(11(13)14)15-10-4-2-9(3-5-10)6-7-12/h2-5,8H,6H2,1H3,(H2,13,14)/t8-/m0/s1. The Kier molecular flexibility index (Phi) is 3.69. The van der Waals surface area contributed by atoms with Crippen LogP contribution in [0.2, 0.25) is 0 Å². The average molecular weight is 204 g/mol. The number of carbonyl (C=O) groups is 1. The predicted octanol–water partition coefficient (Wildman–Crippen LogP) is 1.01. The number of nitrogens with two attached hydrogens (primary N) is 1. The highest BCUT2D eigenvalue weighted by molar-refractivity contribution is 5.78. The maximum Gasteiger partial charge on any atom is 0.258 e. The number of hydrogen-bond acceptors (Lipinski definition) is 3. The second-order valence-electron chi connectivity index (χ2n) is 3.14. The van der Waals surface area contributed by atoms with Crippen LogP contribution in [0.5, 0.6) is 5.75 Å². The number of hydrogen-bond donors (Lipinski definition) is 1. The zero-order valence-corrected chi connectivity index (χ0v) is 8.43. The van der Waals surface area contributed by atoms with Crippen molar-refractivity contribution in [3.8, 4) is 11.8 Å². The molecule has 0 aromatic heterocycles. The molecule has 0 saturated carbocycles. The Bertz CT molecular complexity index is 379. The summed E-state index contributed by atoms with van der Waals surface area (Å²) < 4.78 is 5.25. The summed E-state index contributed by atoms with van der Waals surface area (Å²) in [6, 6.07) is 9.04. The molecule has 0 bridgehead atoms. The summed E-state index contributed by atoms with van der Waals surface area (Å²) in [5, 5.41) is 8.46. The quantitative estimate of drug-likeness (QED) is 0.795. The van der Waals surface area contributed by atoms with Crippen molar-refractivity contribution in [3.05, 3.63) is 29.8 Å². The van der Waals surface area contributed by atoms with E-state index in [0.717, 1.165) is 5.56 Å². The maximum atomic E-state index is 10.7. The lowest BCUT2D eigenvalue weighted by Crippen LogP contribution is -2.30. The summed E-state index contributed by atoms with van der Waals surface area (Å²) in [6.07, 6.45) is -0.280. The van der Waals surface area contributed by atoms with E-state index in [-0.39, 0.29) is 0 Å². The first-order valence-electron chi connectivity index (χ1n) is 4.55. The smallest absolute Gasteiger partial charge is 0.258 e. The van der Waals surface area contributed by atoms with Gasteiger partial charge in [-0.3, -0.25) is 4.79 Å². The predicted molar refractivity (Wildman–Crippen MR) is 55.0 cm³/mol. The molecule has 0 aliphatic carbocycles. The number of benzene rings is 1. The SMILES string of the molecule is C[C@H](Oc1ccc(CC#N)cc1)C(N)=O. The van der Waals surface area contributed by atoms with Crippen molar-refractivity contribution < 1.29 is 9.53 Å². The number of amides is 1. The fourth-order valence-electron chi connectivity index (χ4n) is 1.04. The van der Waals surface area contributed by atoms with Gasteiger partial charge in [-0.15, -0.1) is 0 Å². The van der Waals surface area contributed by atoms with Crippen LogP contribution in [0.15, 0.2) is 24.3 Å². The van der Waals surface area contributed by atoms with Gasteiger partial charge in [0.2, 0.25) is 0 Å². The molecule has 1 aromatic rings. The van der Waals surface area contributed by atoms with Gasteiger partial charge in [-0.25, -0.2) is 0 Å². The van der Waals surface area contributed by atoms with Crippen LogP contribution in [0, 0.1) is 11.3 Å². The molecule has 4 heteroatoms. The lowest BCUT2D eigenvalue weighted by Gasteiger charge is -2.10. The van der Waals surface area contributed by atoms with Crippen molar-refractivity contribution in [2.45, 2.75) is 19.4 Å². The first kappa shape index (κ1) is 11.1. The van der Waals surface area contributed by atoms with Gasteiger partial charge in [-0.2, -0.15) is 5.26 Å². The Labute approximate surface area is 88.3 Å². The Morgan fingerprint density at radius 1 is 1.53 bits per heavy atom. The molecule has 1 aromatic carbocycles. The van der Waals surface area contributed by atoms with Gasteiger partial charge < -0.3 is 10.5 Å². The fourth-order valence-corrected chi connectivity index (χ4v) is 1.04. The molecular weight excluding hydrogens is 192 g/mol. The van der Waals surface area contributed by atoms with E-state index in [1.165, 1.54) is 0 Å². The summed E-state index contributed by atoms with van der Waals surface area (Å²) >= 11 is 0. The highest BCUT2D eigenvalue weighted by Gasteiger charge is 2.09. The molecule has 78 valence electrons. The lowest BCUT2D eigenvalue weighted by atomic mass is 10.2. The second-order valence-corrected chi connectivity index (χ2v) is 3.14. The Morgan fingerprint density at radius 3 is 2.60 bits per heavy atom. The summed E-state index contributed by atoms with van der Waals surface area (Å²) in [4.78, 5) is 10.7. The Morgan fingerprint density at radius 2 is 2.13 bits per heavy atom. The second kappa shape index (κ2) is 5.01. The number of carbonyl (C=O) groups excluding carboxylic acids is 1. The molecule has 15 heavy (non-hydrogen) atoms. The van der Waals surface area contributed by atoms with Crippen molar-refractivity contribution >= 4 is 5.91 Å². The van der Waals surface area contributed by atoms with Crippen molar-refractivity contribution in [3.63, 3.8) is 0 Å². The van der Waals surface area contributed by atoms with Crippen molar-refractivity contribution in [1.82, 2.24) is 0 Å². The highest BCUT2D eigenvalue weighted by Crippen LogP contribution is 2.13. The lowest BCUT2D eigenvalue weighted by molar-refractivity contribution is -0.123. The summed E-state index contributed by atoms with van der Waals surface area (Å²) in [5.74, 6) is 0.0686. The summed E-state index contributed by atoms with van der Waals surface area (Å²) in [5.41, 5.74) is 5.97. The molecule has 0 heterocycles. The molecule has 0 unspecified atom stereocenters. The molecule has 0 aliphatic heterocycles. The minimum atomic E-state index is -0.646. The molecule has 0 radical (unpaired) electrons. The summed E-state index contributed by atoms with van der Waals surface area (Å²) in [6.45, 7) is 1.59. The van der Waals surface area contributed by atoms with Crippen LogP contribution in [0.3, 0.4) is 0 Å². The van der Waals surface area contributed by atoms with Crippen LogP contribution in [0.1, 0.15) is 12.5 Å². The third-order valence-electron chi connectivity index (χ3n) is 1.92. The van der Waals surface area contributed by atoms with E-state index in [2.05, 4.69) is 0 Å². The molecule has 0 spiro atoms. The van der Waals surface area contributed by atoms with Crippen LogP contribution in [0.25, 0.3) is 0 Å². The number of rotatable bonds is 4. The molecular formula is C11H12N2O2. The Balaban J connectivity index is 2.65. The van der Waals surface area contributed by atoms with Gasteiger partial charge in [0, 0.05) is 0 Å². The first-order chi connectivity index (χ1) is 7.13. The minimum Gasteiger partial charge on any atom is -0.481 e. The van der Waals surface area contributed by atoms with Gasteiger partial charge in [0.15, 0.2) is 6.10 Å². The maximum absolute atomic E-state index is 10.7. The van der Waals surface area contributed by atoms with Crippen molar-refractivity contribution in [1.29, 1.82) is 5.26 Å². The molecule has 4 nitrogen and oxygen atoms in total. The van der Waals surface area contributed by atoms with Gasteiger partial charge in [-0.1, -0.05) is 12.1 Å². The fraction of sp³-hybridized carbons (Fsp3) is 0.273. The van der Waals surface area contributed by atoms with Crippen molar-refractivity contribution in [2.75, 3.05) is 0 Å². The first-order valence-corrected chi connectivity index (χ1v) is 4.55. The van der Waals surface area contributed by atoms with Crippen molar-refractivity contribution in [2.24, 2.45) is 5.73 Å². The number of primary amides is 1. The van der Waals surface area contributed by atoms with Crippen LogP contribution in [-0.4, -0.2) is 12.0 Å². The number of ether oxygens (including phenoxy) is 1. The third-order valence-corrected chi connectivity index (χ3v) is 1.92. The van der Waals surface area contributed by atoms with Gasteiger partial charge in [0.1, 0.15) is 5.75 Å². The van der Waals surface area contributed by atoms with E-state index in [1.54, 1.807) is 31.2 Å². The monoisotopic (exact) mass is 204 g/mol. The van der Waals surface area contributed by atoms with E-state index in [1.807, 2.05) is 6.07 Å². The molecule has 1 rings (SSSR count). The Hall–Kier alpha value is -2.02. The number of nitrogens with zero attached hydrogens (tertiary/aromatic N) is 1.